The summed E-state index contributed by atoms with van der Waals surface area (Å²) in [5.41, 5.74) is 39.7. The number of aromatic carboxylic acids is 1. The third-order valence-electron chi connectivity index (χ3n) is 14.7. The zero-order valence-electron chi connectivity index (χ0n) is 67.2. The molecule has 0 bridgehead atoms. The van der Waals surface area contributed by atoms with Crippen molar-refractivity contribution in [3.63, 3.8) is 0 Å². The first kappa shape index (κ1) is 121. The van der Waals surface area contributed by atoms with Crippen LogP contribution in [0, 0.1) is 76.0 Å². The van der Waals surface area contributed by atoms with E-state index in [0.29, 0.717) is 111 Å². The molecular formula is C76H97BBr4Cl3IN13Na2O15S. The Kier molecular flexibility index (Phi) is 73.7. The molecule has 6 heterocycles. The molecule has 28 nitrogen and oxygen atoms in total. The van der Waals surface area contributed by atoms with Crippen molar-refractivity contribution in [2.75, 3.05) is 112 Å². The number of benzene rings is 4. The second kappa shape index (κ2) is 70.3. The monoisotopic (exact) mass is 2070 g/mol. The maximum Gasteiger partial charge on any atom is 1.00 e. The second-order valence-corrected chi connectivity index (χ2v) is 31.0. The number of alkyl halides is 1. The average Bonchev–Trinajstić information content (AvgIpc) is 1.09. The first-order valence-corrected chi connectivity index (χ1v) is 41.5. The van der Waals surface area contributed by atoms with Crippen LogP contribution in [0.2, 0.25) is 5.15 Å². The summed E-state index contributed by atoms with van der Waals surface area (Å²) in [6.07, 6.45) is 5.27. The molecule has 3 aromatic heterocycles. The van der Waals surface area contributed by atoms with E-state index >= 15 is 0 Å². The number of anilines is 6. The number of nitrogens with two attached hydrogens (primary N) is 5. The van der Waals surface area contributed by atoms with Gasteiger partial charge >= 0.3 is 83.0 Å². The van der Waals surface area contributed by atoms with Gasteiger partial charge in [0.05, 0.1) is 67.9 Å². The van der Waals surface area contributed by atoms with Crippen LogP contribution in [-0.2, 0) is 49.0 Å². The molecule has 0 amide bonds. The molecule has 14 N–H and O–H groups in total. The number of esters is 3. The van der Waals surface area contributed by atoms with E-state index in [1.165, 1.54) is 37.9 Å². The molecule has 7 aromatic rings. The van der Waals surface area contributed by atoms with Gasteiger partial charge in [0.2, 0.25) is 9.23 Å². The standard InChI is InChI=1S/C15H20BrNO3.C13H16BrNO3.C8H8BrNO2.C8H7ClN2.C8H13N3.C8H9N3.C7H6BrNO2.C5H8O2.C2H5I.CN.CH4O.B.Cl2OS.2Na.H2O/c1-3-17(13-4-6-20-7-5-13)14-9-11(15(18)19-2)8-12(16)10-14;1-17-13(16)9-6-10(14)8-12(7-9)15-11-2-4-18-5-3-11;1-12-8(11)5-2-6(9)4-7(10)3-5;1-5-3-6(2)11-8(9)7(5)4-10;2*1-5-3-6(2)11-8(10)7(5)4-9;8-5-1-4(7(10)11)2-6(9)3-5;6-5-1-3-7-4-2-5;1-2-3;2*1-2;;1-4(2)3;;;/h8-10,13H,3-7H2,1-2H3;6-8,11,15H,2-5H2,1H3;2-4H,10H2,1H3;3H,1-2H3;3H,4,9H2,1-2H3,(H2,10,11);3H,1-2H3,(H2,10,11);1-3H,9H2,(H,10,11);1-4H2;2H2,1H3;;2H,1H3;;;;;1H2/q;;;;;;;;;-1;;;;2*+1;/p-1. The number of rotatable bonds is 10. The number of hydrogen-bond donors (Lipinski definition) is 8. The molecule has 0 aliphatic carbocycles. The van der Waals surface area contributed by atoms with Crippen LogP contribution in [-0.4, -0.2) is 164 Å². The average molecular weight is 2070 g/mol. The summed E-state index contributed by atoms with van der Waals surface area (Å²) in [6.45, 7) is 26.1. The molecule has 3 aliphatic rings. The Bertz CT molecular complexity index is 4070. The van der Waals surface area contributed by atoms with E-state index < -0.39 is 15.2 Å². The number of carboxylic acids is 1. The van der Waals surface area contributed by atoms with Crippen LogP contribution in [0.15, 0.2) is 109 Å². The van der Waals surface area contributed by atoms with E-state index in [1.54, 1.807) is 36.4 Å². The number of nitrogens with one attached hydrogen (secondary N) is 1. The number of carboxylic acid groups (broad SMARTS) is 1. The summed E-state index contributed by atoms with van der Waals surface area (Å²) in [7, 11) is 12.5. The maximum atomic E-state index is 11.7. The van der Waals surface area contributed by atoms with Crippen molar-refractivity contribution in [1.82, 2.24) is 15.0 Å². The number of methoxy groups -OCH3 is 3. The Hall–Kier alpha value is -5.36. The Morgan fingerprint density at radius 2 is 0.974 bits per heavy atom. The van der Waals surface area contributed by atoms with Gasteiger partial charge in [-0.15, -0.1) is 0 Å². The Morgan fingerprint density at radius 1 is 0.612 bits per heavy atom. The third kappa shape index (κ3) is 51.3. The molecule has 0 atom stereocenters. The normalized spacial score (nSPS) is 11.8. The van der Waals surface area contributed by atoms with Crippen molar-refractivity contribution in [2.24, 2.45) is 5.73 Å². The Morgan fingerprint density at radius 3 is 1.34 bits per heavy atom. The van der Waals surface area contributed by atoms with Crippen molar-refractivity contribution in [3.8, 4) is 12.1 Å². The van der Waals surface area contributed by atoms with Gasteiger partial charge in [0.15, 0.2) is 0 Å². The van der Waals surface area contributed by atoms with Crippen molar-refractivity contribution < 1.29 is 131 Å². The fraction of sp³-hybridized carbons (Fsp3) is 0.382. The number of aromatic nitrogens is 3. The van der Waals surface area contributed by atoms with Gasteiger partial charge in [-0.05, 0) is 186 Å². The molecule has 3 radical (unpaired) electrons. The predicted molar refractivity (Wildman–Crippen MR) is 473 cm³/mol. The fourth-order valence-corrected chi connectivity index (χ4v) is 12.2. The maximum absolute atomic E-state index is 11.7. The topological polar surface area (TPSA) is 484 Å². The van der Waals surface area contributed by atoms with Gasteiger partial charge in [0, 0.05) is 165 Å². The second-order valence-electron chi connectivity index (χ2n) is 23.0. The number of ether oxygens (including phenoxy) is 6. The van der Waals surface area contributed by atoms with Gasteiger partial charge in [0.25, 0.3) is 0 Å². The smallest absolute Gasteiger partial charge is 0.870 e. The molecule has 116 heavy (non-hydrogen) atoms. The molecule has 4 aromatic carbocycles. The first-order chi connectivity index (χ1) is 53.0. The number of nitrogens with zero attached hydrogens (tertiary/aromatic N) is 7. The van der Waals surface area contributed by atoms with Gasteiger partial charge in [0.1, 0.15) is 34.7 Å². The van der Waals surface area contributed by atoms with Gasteiger partial charge in [-0.3, -0.25) is 4.79 Å². The summed E-state index contributed by atoms with van der Waals surface area (Å²) in [5, 5.41) is 42.8. The van der Waals surface area contributed by atoms with Crippen molar-refractivity contribution in [3.05, 3.63) is 193 Å². The van der Waals surface area contributed by atoms with E-state index in [-0.39, 0.29) is 96.5 Å². The zero-order chi connectivity index (χ0) is 85.8. The van der Waals surface area contributed by atoms with E-state index in [9.17, 15) is 24.0 Å². The number of nitrogen functional groups attached to an aromatic ring is 4. The van der Waals surface area contributed by atoms with Crippen LogP contribution in [0.5, 0.6) is 0 Å². The number of aliphatic hydroxyl groups is 1. The third-order valence-corrected chi connectivity index (χ3v) is 16.8. The SMILES string of the molecule is CCI.CCN(c1cc(Br)cc(C(=O)OC)c1)C1CCOCC1.CO.COC(=O)c1cc(Br)cc(NC2CCOCC2)c1.COC(=O)c1cc(N)cc(Br)c1.Cc1cc(C)c(C#N)c(Cl)n1.Cc1cc(C)c(C#N)c(N)n1.Cc1cc(C)c(CN)c(N)n1.Nc1cc(Br)cc(C(=O)O)c1.O=C1CCOCC1.O=S(Cl)Cl.[B].[C-]#N.[Na+].[Na+].[OH-]. The summed E-state index contributed by atoms with van der Waals surface area (Å²) in [5.74, 6) is -0.774. The number of nitriles is 2. The molecular weight excluding hydrogens is 1980 g/mol. The number of pyridine rings is 3. The summed E-state index contributed by atoms with van der Waals surface area (Å²) in [6, 6.07) is 31.3. The molecule has 40 heteroatoms. The number of carbonyl (C=O) groups is 5. The molecule has 3 fully saturated rings. The van der Waals surface area contributed by atoms with Crippen LogP contribution >= 0.6 is 119 Å². The number of aliphatic hydroxyl groups excluding tert-OH is 1. The molecule has 0 saturated carbocycles. The van der Waals surface area contributed by atoms with Crippen molar-refractivity contribution in [1.29, 1.82) is 15.8 Å². The number of halogens is 8. The summed E-state index contributed by atoms with van der Waals surface area (Å²) in [4.78, 5) is 69.4. The van der Waals surface area contributed by atoms with E-state index in [2.05, 4.69) is 151 Å². The molecule has 0 unspecified atom stereocenters. The molecule has 0 spiro atoms. The minimum Gasteiger partial charge on any atom is -0.870 e. The number of carbonyl (C=O) groups excluding carboxylic acids is 4. The van der Waals surface area contributed by atoms with Crippen LogP contribution in [0.1, 0.15) is 144 Å². The minimum absolute atomic E-state index is 0. The van der Waals surface area contributed by atoms with Crippen molar-refractivity contribution in [2.45, 2.75) is 113 Å². The number of Topliss-reactive ketones (excluding diaryl/α,β-unsaturated/α-hetero) is 1. The van der Waals surface area contributed by atoms with Gasteiger partial charge in [-0.1, -0.05) is 105 Å². The molecule has 623 valence electrons. The number of hydrogen-bond acceptors (Lipinski definition) is 27. The predicted octanol–water partition coefficient (Wildman–Crippen LogP) is 9.74. The van der Waals surface area contributed by atoms with Crippen LogP contribution in [0.3, 0.4) is 0 Å². The van der Waals surface area contributed by atoms with Crippen molar-refractivity contribution >= 4 is 201 Å². The summed E-state index contributed by atoms with van der Waals surface area (Å²) < 4.78 is 43.2. The Balaban J connectivity index is -0.000000295. The zero-order valence-corrected chi connectivity index (χ0v) is 82.8. The minimum atomic E-state index is -1.67. The fourth-order valence-electron chi connectivity index (χ4n) is 9.89. The van der Waals surface area contributed by atoms with Crippen LogP contribution in [0.4, 0.5) is 34.4 Å². The quantitative estimate of drug-likeness (QED) is 0.00726. The van der Waals surface area contributed by atoms with E-state index in [0.717, 1.165) is 130 Å². The number of aryl methyl sites for hydroxylation is 6. The molecule has 10 rings (SSSR count). The largest absolute Gasteiger partial charge is 1.00 e. The van der Waals surface area contributed by atoms with Gasteiger partial charge in [-0.25, -0.2) is 38.3 Å². The van der Waals surface area contributed by atoms with E-state index in [1.807, 2.05) is 96.1 Å². The van der Waals surface area contributed by atoms with Crippen LogP contribution in [0.25, 0.3) is 0 Å². The molecule has 3 aliphatic heterocycles. The molecule has 3 saturated heterocycles. The van der Waals surface area contributed by atoms with Crippen LogP contribution < -0.4 is 98.0 Å². The van der Waals surface area contributed by atoms with Gasteiger partial charge < -0.3 is 94.8 Å². The summed E-state index contributed by atoms with van der Waals surface area (Å²) >= 11 is 21.2. The van der Waals surface area contributed by atoms with Gasteiger partial charge in [-0.2, -0.15) is 10.5 Å². The first-order valence-electron chi connectivity index (χ1n) is 33.6. The van der Waals surface area contributed by atoms with E-state index in [4.69, 9.17) is 101 Å². The Labute approximate surface area is 790 Å². The number of ketones is 1.